The average Bonchev–Trinajstić information content (AvgIpc) is 1.97. The fourth-order valence-corrected chi connectivity index (χ4v) is 0.924. The second-order valence-corrected chi connectivity index (χ2v) is 2.54. The molecule has 0 heterocycles. The molecule has 3 N–H and O–H groups in total. The fourth-order valence-electron chi connectivity index (χ4n) is 0.924. The number of quaternary nitrogens is 1. The molecule has 64 valence electrons. The van der Waals surface area contributed by atoms with Gasteiger partial charge < -0.3 is 15.6 Å². The summed E-state index contributed by atoms with van der Waals surface area (Å²) < 4.78 is 0. The first kappa shape index (κ1) is 14.3. The number of carbonyl (C=O) groups is 1. The molecule has 0 saturated carbocycles. The summed E-state index contributed by atoms with van der Waals surface area (Å²) in [7, 11) is 0. The van der Waals surface area contributed by atoms with Crippen LogP contribution in [0.15, 0.2) is 12.7 Å². The van der Waals surface area contributed by atoms with Gasteiger partial charge in [-0.15, -0.1) is 6.58 Å². The number of aliphatic carboxylic acids is 1. The van der Waals surface area contributed by atoms with Crippen LogP contribution in [0.5, 0.6) is 0 Å². The fraction of sp³-hybridized carbons (Fsp3) is 0.625. The molecule has 0 aromatic carbocycles. The minimum absolute atomic E-state index is 0. The Hall–Kier alpha value is -0.233. The van der Waals surface area contributed by atoms with Gasteiger partial charge in [0.2, 0.25) is 0 Å². The molecule has 0 rings (SSSR count). The van der Waals surface area contributed by atoms with Crippen LogP contribution in [0.4, 0.5) is 0 Å². The van der Waals surface area contributed by atoms with Crippen molar-refractivity contribution in [3.05, 3.63) is 12.7 Å². The van der Waals surface area contributed by atoms with E-state index in [-0.39, 0.29) is 24.8 Å². The van der Waals surface area contributed by atoms with Gasteiger partial charge in [-0.1, -0.05) is 6.08 Å². The number of hydrogen-bond acceptors (Lipinski definition) is 2. The van der Waals surface area contributed by atoms with E-state index in [0.717, 1.165) is 13.0 Å². The first-order valence-corrected chi connectivity index (χ1v) is 3.83. The monoisotopic (exact) mass is 164 g/mol. The van der Waals surface area contributed by atoms with Gasteiger partial charge in [0, 0.05) is 11.9 Å². The summed E-state index contributed by atoms with van der Waals surface area (Å²) in [5.74, 6) is -1.34. The molecule has 0 fully saturated rings. The molecule has 1 atom stereocenters. The van der Waals surface area contributed by atoms with Crippen LogP contribution in [0.2, 0.25) is 0 Å². The predicted molar refractivity (Wildman–Crippen MR) is 40.3 cm³/mol. The first-order chi connectivity index (χ1) is 5.22. The number of hydrogen-bond donors (Lipinski definition) is 1. The number of allylic oxidation sites excluding steroid dienone is 1. The van der Waals surface area contributed by atoms with E-state index in [4.69, 9.17) is 0 Å². The van der Waals surface area contributed by atoms with E-state index in [1.807, 2.05) is 0 Å². The Morgan fingerprint density at radius 1 is 1.67 bits per heavy atom. The Balaban J connectivity index is 0. The van der Waals surface area contributed by atoms with Gasteiger partial charge >= 0.3 is 18.9 Å². The van der Waals surface area contributed by atoms with Crippen molar-refractivity contribution >= 4 is 5.97 Å². The summed E-state index contributed by atoms with van der Waals surface area (Å²) in [6.07, 6.45) is 3.61. The minimum Gasteiger partial charge on any atom is -0.550 e. The maximum atomic E-state index is 10.4. The Morgan fingerprint density at radius 2 is 2.25 bits per heavy atom. The molecule has 0 aliphatic rings. The number of carboxylic acid groups (broad SMARTS) is 1. The zero-order valence-corrected chi connectivity index (χ0v) is 7.71. The van der Waals surface area contributed by atoms with Crippen LogP contribution in [0, 0.1) is 5.92 Å². The molecule has 0 aliphatic carbocycles. The van der Waals surface area contributed by atoms with Crippen molar-refractivity contribution in [2.75, 3.05) is 6.54 Å². The number of carboxylic acids is 1. The van der Waals surface area contributed by atoms with Crippen LogP contribution in [-0.4, -0.2) is 12.5 Å². The normalized spacial score (nSPS) is 11.4. The maximum absolute atomic E-state index is 10.4. The Morgan fingerprint density at radius 3 is 2.58 bits per heavy atom. The summed E-state index contributed by atoms with van der Waals surface area (Å²) in [6, 6.07) is 0. The van der Waals surface area contributed by atoms with Gasteiger partial charge in [-0.05, 0) is 19.3 Å². The average molecular weight is 164 g/mol. The van der Waals surface area contributed by atoms with E-state index in [1.165, 1.54) is 0 Å². The molecule has 12 heavy (non-hydrogen) atoms. The van der Waals surface area contributed by atoms with Gasteiger partial charge in [0.15, 0.2) is 0 Å². The third-order valence-corrected chi connectivity index (χ3v) is 1.59. The standard InChI is InChI=1S/C8H15NO2.Li/c1-2-4-7(8(10)11)5-3-6-9;/h2,7H,1,3-6,9H2,(H,10,11);/q;+1. The van der Waals surface area contributed by atoms with Crippen molar-refractivity contribution in [2.45, 2.75) is 19.3 Å². The molecule has 0 bridgehead atoms. The Kier molecular flexibility index (Phi) is 10.6. The van der Waals surface area contributed by atoms with Crippen molar-refractivity contribution in [2.24, 2.45) is 5.92 Å². The van der Waals surface area contributed by atoms with Crippen LogP contribution in [-0.2, 0) is 4.79 Å². The van der Waals surface area contributed by atoms with Crippen molar-refractivity contribution in [3.63, 3.8) is 0 Å². The van der Waals surface area contributed by atoms with E-state index in [0.29, 0.717) is 12.8 Å². The van der Waals surface area contributed by atoms with Gasteiger partial charge in [0.05, 0.1) is 6.54 Å². The summed E-state index contributed by atoms with van der Waals surface area (Å²) >= 11 is 0. The SMILES string of the molecule is C=CCC(CCC[NH3+])C(=O)[O-].[Li+]. The van der Waals surface area contributed by atoms with E-state index in [1.54, 1.807) is 6.08 Å². The molecule has 0 saturated heterocycles. The maximum Gasteiger partial charge on any atom is 1.00 e. The number of rotatable bonds is 6. The molecule has 0 amide bonds. The summed E-state index contributed by atoms with van der Waals surface area (Å²) in [5, 5.41) is 10.4. The van der Waals surface area contributed by atoms with Gasteiger partial charge in [-0.3, -0.25) is 0 Å². The molecular formula is C8H15LiNO2+. The molecular weight excluding hydrogens is 149 g/mol. The van der Waals surface area contributed by atoms with Crippen LogP contribution < -0.4 is 29.7 Å². The van der Waals surface area contributed by atoms with Gasteiger partial charge in [0.1, 0.15) is 0 Å². The van der Waals surface area contributed by atoms with E-state index in [9.17, 15) is 9.90 Å². The molecule has 0 aromatic rings. The molecule has 3 nitrogen and oxygen atoms in total. The topological polar surface area (TPSA) is 67.8 Å². The Labute approximate surface area is 85.2 Å². The molecule has 0 spiro atoms. The first-order valence-electron chi connectivity index (χ1n) is 3.83. The summed E-state index contributed by atoms with van der Waals surface area (Å²) in [4.78, 5) is 10.4. The molecule has 4 heteroatoms. The van der Waals surface area contributed by atoms with Crippen LogP contribution in [0.25, 0.3) is 0 Å². The van der Waals surface area contributed by atoms with Crippen molar-refractivity contribution in [1.82, 2.24) is 0 Å². The minimum atomic E-state index is -0.974. The van der Waals surface area contributed by atoms with E-state index in [2.05, 4.69) is 12.3 Å². The zero-order valence-electron chi connectivity index (χ0n) is 7.71. The Bertz CT molecular complexity index is 139. The summed E-state index contributed by atoms with van der Waals surface area (Å²) in [5.41, 5.74) is 3.64. The van der Waals surface area contributed by atoms with Gasteiger partial charge in [-0.2, -0.15) is 0 Å². The van der Waals surface area contributed by atoms with Gasteiger partial charge in [-0.25, -0.2) is 0 Å². The largest absolute Gasteiger partial charge is 1.00 e. The third kappa shape index (κ3) is 6.48. The van der Waals surface area contributed by atoms with Crippen molar-refractivity contribution < 1.29 is 34.5 Å². The molecule has 0 radical (unpaired) electrons. The third-order valence-electron chi connectivity index (χ3n) is 1.59. The molecule has 0 aliphatic heterocycles. The second-order valence-electron chi connectivity index (χ2n) is 2.54. The predicted octanol–water partition coefficient (Wildman–Crippen LogP) is -4.05. The van der Waals surface area contributed by atoms with E-state index < -0.39 is 5.97 Å². The second kappa shape index (κ2) is 8.86. The quantitative estimate of drug-likeness (QED) is 0.321. The molecule has 0 aromatic heterocycles. The van der Waals surface area contributed by atoms with Gasteiger partial charge in [0.25, 0.3) is 0 Å². The summed E-state index contributed by atoms with van der Waals surface area (Å²) in [6.45, 7) is 4.26. The van der Waals surface area contributed by atoms with E-state index >= 15 is 0 Å². The van der Waals surface area contributed by atoms with Crippen LogP contribution in [0.1, 0.15) is 19.3 Å². The van der Waals surface area contributed by atoms with Crippen molar-refractivity contribution in [3.8, 4) is 0 Å². The van der Waals surface area contributed by atoms with Crippen molar-refractivity contribution in [1.29, 1.82) is 0 Å². The van der Waals surface area contributed by atoms with Crippen LogP contribution >= 0.6 is 0 Å². The smallest absolute Gasteiger partial charge is 0.550 e. The number of carbonyl (C=O) groups excluding carboxylic acids is 1. The molecule has 1 unspecified atom stereocenters. The van der Waals surface area contributed by atoms with Crippen LogP contribution in [0.3, 0.4) is 0 Å². The zero-order chi connectivity index (χ0) is 8.69.